The van der Waals surface area contributed by atoms with Crippen LogP contribution in [-0.4, -0.2) is 10.1 Å². The Morgan fingerprint density at radius 3 is 2.53 bits per heavy atom. The summed E-state index contributed by atoms with van der Waals surface area (Å²) < 4.78 is 0. The van der Waals surface area contributed by atoms with Gasteiger partial charge in [-0.15, -0.1) is 0 Å². The van der Waals surface area contributed by atoms with Gasteiger partial charge in [-0.1, -0.05) is 38.1 Å². The second-order valence-electron chi connectivity index (χ2n) is 6.27. The number of aromatic nitrogens is 1. The molecule has 0 saturated heterocycles. The third-order valence-corrected chi connectivity index (χ3v) is 4.31. The normalized spacial score (nSPS) is 31.5. The lowest BCUT2D eigenvalue weighted by Gasteiger charge is -2.39. The van der Waals surface area contributed by atoms with Crippen molar-refractivity contribution in [2.24, 2.45) is 11.8 Å². The van der Waals surface area contributed by atoms with E-state index in [0.717, 1.165) is 29.3 Å². The summed E-state index contributed by atoms with van der Waals surface area (Å²) in [5.41, 5.74) is 1.24. The van der Waals surface area contributed by atoms with Crippen LogP contribution in [0.15, 0.2) is 36.5 Å². The molecular weight excluding hydrogens is 234 g/mol. The molecule has 1 aromatic heterocycles. The minimum atomic E-state index is -0.717. The fourth-order valence-corrected chi connectivity index (χ4v) is 3.79. The van der Waals surface area contributed by atoms with E-state index in [4.69, 9.17) is 0 Å². The van der Waals surface area contributed by atoms with Gasteiger partial charge in [0, 0.05) is 17.1 Å². The predicted molar refractivity (Wildman–Crippen MR) is 77.8 cm³/mol. The summed E-state index contributed by atoms with van der Waals surface area (Å²) in [4.78, 5) is 4.49. The van der Waals surface area contributed by atoms with Crippen molar-refractivity contribution in [1.29, 1.82) is 0 Å². The van der Waals surface area contributed by atoms with Crippen LogP contribution >= 0.6 is 0 Å². The predicted octanol–water partition coefficient (Wildman–Crippen LogP) is 3.88. The van der Waals surface area contributed by atoms with Crippen molar-refractivity contribution < 1.29 is 5.11 Å². The molecule has 0 aliphatic heterocycles. The molecule has 100 valence electrons. The molecule has 2 atom stereocenters. The second kappa shape index (κ2) is 4.61. The first-order chi connectivity index (χ1) is 9.08. The summed E-state index contributed by atoms with van der Waals surface area (Å²) in [5, 5.41) is 12.3. The minimum Gasteiger partial charge on any atom is -0.385 e. The molecule has 2 nitrogen and oxygen atoms in total. The van der Waals surface area contributed by atoms with E-state index in [-0.39, 0.29) is 0 Å². The first kappa shape index (κ1) is 12.6. The Hall–Kier alpha value is -1.41. The second-order valence-corrected chi connectivity index (χ2v) is 6.27. The molecule has 0 radical (unpaired) electrons. The molecule has 1 aliphatic rings. The Labute approximate surface area is 114 Å². The smallest absolute Gasteiger partial charge is 0.0922 e. The number of hydrogen-bond donors (Lipinski definition) is 1. The number of pyridine rings is 1. The first-order valence-corrected chi connectivity index (χ1v) is 7.15. The Morgan fingerprint density at radius 1 is 1.11 bits per heavy atom. The summed E-state index contributed by atoms with van der Waals surface area (Å²) in [6.45, 7) is 4.47. The van der Waals surface area contributed by atoms with E-state index in [1.54, 1.807) is 0 Å². The highest BCUT2D eigenvalue weighted by atomic mass is 16.3. The molecule has 3 rings (SSSR count). The average molecular weight is 255 g/mol. The number of fused-ring (bicyclic) bond motifs is 1. The highest BCUT2D eigenvalue weighted by Crippen LogP contribution is 2.44. The van der Waals surface area contributed by atoms with Gasteiger partial charge in [0.1, 0.15) is 0 Å². The molecule has 19 heavy (non-hydrogen) atoms. The quantitative estimate of drug-likeness (QED) is 0.839. The SMILES string of the molecule is CC1CC(C)CC(O)(c2cccc3cccnc23)C1. The summed E-state index contributed by atoms with van der Waals surface area (Å²) in [6, 6.07) is 10.1. The van der Waals surface area contributed by atoms with Gasteiger partial charge in [-0.2, -0.15) is 0 Å². The Kier molecular flexibility index (Phi) is 3.06. The molecule has 1 saturated carbocycles. The van der Waals surface area contributed by atoms with E-state index >= 15 is 0 Å². The van der Waals surface area contributed by atoms with Crippen LogP contribution in [0.1, 0.15) is 38.7 Å². The lowest BCUT2D eigenvalue weighted by molar-refractivity contribution is -0.0352. The molecule has 2 unspecified atom stereocenters. The largest absolute Gasteiger partial charge is 0.385 e. The minimum absolute atomic E-state index is 0.563. The van der Waals surface area contributed by atoms with Crippen LogP contribution in [0.4, 0.5) is 0 Å². The Morgan fingerprint density at radius 2 is 1.79 bits per heavy atom. The number of para-hydroxylation sites is 1. The van der Waals surface area contributed by atoms with Gasteiger partial charge in [-0.3, -0.25) is 4.98 Å². The monoisotopic (exact) mass is 255 g/mol. The van der Waals surface area contributed by atoms with Gasteiger partial charge in [0.05, 0.1) is 11.1 Å². The molecule has 2 heteroatoms. The molecule has 1 aliphatic carbocycles. The van der Waals surface area contributed by atoms with Crippen LogP contribution in [0.3, 0.4) is 0 Å². The molecule has 1 N–H and O–H groups in total. The lowest BCUT2D eigenvalue weighted by atomic mass is 9.70. The first-order valence-electron chi connectivity index (χ1n) is 7.15. The van der Waals surface area contributed by atoms with Crippen molar-refractivity contribution in [2.45, 2.75) is 38.7 Å². The average Bonchev–Trinajstić information content (AvgIpc) is 2.36. The van der Waals surface area contributed by atoms with Crippen LogP contribution in [0, 0.1) is 11.8 Å². The molecule has 0 spiro atoms. The lowest BCUT2D eigenvalue weighted by Crippen LogP contribution is -2.35. The topological polar surface area (TPSA) is 33.1 Å². The maximum atomic E-state index is 11.1. The van der Waals surface area contributed by atoms with Gasteiger partial charge in [0.25, 0.3) is 0 Å². The van der Waals surface area contributed by atoms with Crippen LogP contribution in [0.25, 0.3) is 10.9 Å². The van der Waals surface area contributed by atoms with Crippen molar-refractivity contribution in [3.05, 3.63) is 42.1 Å². The summed E-state index contributed by atoms with van der Waals surface area (Å²) >= 11 is 0. The van der Waals surface area contributed by atoms with E-state index in [0.29, 0.717) is 11.8 Å². The third-order valence-electron chi connectivity index (χ3n) is 4.31. The van der Waals surface area contributed by atoms with Crippen molar-refractivity contribution in [3.63, 3.8) is 0 Å². The molecule has 1 fully saturated rings. The summed E-state index contributed by atoms with van der Waals surface area (Å²) in [6.07, 6.45) is 4.70. The van der Waals surface area contributed by atoms with Crippen LogP contribution in [0.2, 0.25) is 0 Å². The molecule has 0 amide bonds. The van der Waals surface area contributed by atoms with E-state index in [1.165, 1.54) is 6.42 Å². The molecular formula is C17H21NO. The fourth-order valence-electron chi connectivity index (χ4n) is 3.79. The zero-order valence-corrected chi connectivity index (χ0v) is 11.6. The van der Waals surface area contributed by atoms with Crippen molar-refractivity contribution in [3.8, 4) is 0 Å². The van der Waals surface area contributed by atoms with E-state index in [1.807, 2.05) is 24.4 Å². The summed E-state index contributed by atoms with van der Waals surface area (Å²) in [5.74, 6) is 1.13. The van der Waals surface area contributed by atoms with Crippen LogP contribution in [0.5, 0.6) is 0 Å². The number of aliphatic hydroxyl groups is 1. The van der Waals surface area contributed by atoms with Crippen molar-refractivity contribution in [2.75, 3.05) is 0 Å². The zero-order valence-electron chi connectivity index (χ0n) is 11.6. The van der Waals surface area contributed by atoms with Gasteiger partial charge in [-0.05, 0) is 37.2 Å². The number of rotatable bonds is 1. The number of nitrogens with zero attached hydrogens (tertiary/aromatic N) is 1. The maximum Gasteiger partial charge on any atom is 0.0922 e. The van der Waals surface area contributed by atoms with Crippen LogP contribution in [-0.2, 0) is 5.60 Å². The molecule has 0 bridgehead atoms. The fraction of sp³-hybridized carbons (Fsp3) is 0.471. The standard InChI is InChI=1S/C17H21NO/c1-12-9-13(2)11-17(19,10-12)15-7-3-5-14-6-4-8-18-16(14)15/h3-8,12-13,19H,9-11H2,1-2H3. The zero-order chi connectivity index (χ0) is 13.5. The third kappa shape index (κ3) is 2.25. The number of benzene rings is 1. The van der Waals surface area contributed by atoms with Crippen molar-refractivity contribution in [1.82, 2.24) is 4.98 Å². The Bertz CT molecular complexity index is 577. The van der Waals surface area contributed by atoms with Crippen LogP contribution < -0.4 is 0 Å². The van der Waals surface area contributed by atoms with Gasteiger partial charge in [-0.25, -0.2) is 0 Å². The van der Waals surface area contributed by atoms with Gasteiger partial charge < -0.3 is 5.11 Å². The molecule has 1 heterocycles. The number of hydrogen-bond acceptors (Lipinski definition) is 2. The summed E-state index contributed by atoms with van der Waals surface area (Å²) in [7, 11) is 0. The highest BCUT2D eigenvalue weighted by Gasteiger charge is 2.38. The van der Waals surface area contributed by atoms with Gasteiger partial charge in [0.2, 0.25) is 0 Å². The van der Waals surface area contributed by atoms with E-state index in [2.05, 4.69) is 31.0 Å². The van der Waals surface area contributed by atoms with Gasteiger partial charge >= 0.3 is 0 Å². The highest BCUT2D eigenvalue weighted by molar-refractivity contribution is 5.82. The Balaban J connectivity index is 2.12. The van der Waals surface area contributed by atoms with Crippen molar-refractivity contribution >= 4 is 10.9 Å². The van der Waals surface area contributed by atoms with E-state index in [9.17, 15) is 5.11 Å². The molecule has 1 aromatic carbocycles. The van der Waals surface area contributed by atoms with Gasteiger partial charge in [0.15, 0.2) is 0 Å². The van der Waals surface area contributed by atoms with E-state index < -0.39 is 5.60 Å². The molecule has 2 aromatic rings. The maximum absolute atomic E-state index is 11.1.